The van der Waals surface area contributed by atoms with Crippen molar-refractivity contribution in [3.63, 3.8) is 0 Å². The van der Waals surface area contributed by atoms with Crippen molar-refractivity contribution < 1.29 is 36.2 Å². The third-order valence-electron chi connectivity index (χ3n) is 5.70. The molecule has 1 atom stereocenters. The number of hydrogen-bond acceptors (Lipinski definition) is 5. The molecule has 1 fully saturated rings. The number of amides is 1. The Balaban J connectivity index is 1.92. The van der Waals surface area contributed by atoms with E-state index in [2.05, 4.69) is 5.32 Å². The van der Waals surface area contributed by atoms with E-state index in [1.165, 1.54) is 11.4 Å². The smallest absolute Gasteiger partial charge is 0.395 e. The van der Waals surface area contributed by atoms with E-state index in [9.17, 15) is 26.4 Å². The third kappa shape index (κ3) is 7.16. The Morgan fingerprint density at radius 3 is 2.31 bits per heavy atom. The van der Waals surface area contributed by atoms with Crippen LogP contribution in [0.5, 0.6) is 0 Å². The average molecular weight is 481 g/mol. The zero-order valence-corrected chi connectivity index (χ0v) is 19.1. The number of aliphatic hydroxyl groups is 1. The van der Waals surface area contributed by atoms with Gasteiger partial charge in [0.1, 0.15) is 0 Å². The molecule has 1 aliphatic rings. The van der Waals surface area contributed by atoms with Crippen molar-refractivity contribution in [2.45, 2.75) is 74.8 Å². The predicted molar refractivity (Wildman–Crippen MR) is 112 cm³/mol. The minimum absolute atomic E-state index is 0.0935. The molecule has 2 N–H and O–H groups in total. The summed E-state index contributed by atoms with van der Waals surface area (Å²) in [5.74, 6) is -0.193. The van der Waals surface area contributed by atoms with Crippen molar-refractivity contribution in [2.75, 3.05) is 20.2 Å². The number of nitrogens with one attached hydrogen (secondary N) is 1. The van der Waals surface area contributed by atoms with Crippen molar-refractivity contribution in [3.05, 3.63) is 29.8 Å². The monoisotopic (exact) mass is 480 g/mol. The Hall–Kier alpha value is -1.69. The first-order chi connectivity index (χ1) is 15.0. The normalized spacial score (nSPS) is 20.8. The number of sulfonamides is 1. The first kappa shape index (κ1) is 26.6. The van der Waals surface area contributed by atoms with Gasteiger partial charge in [-0.1, -0.05) is 6.92 Å². The summed E-state index contributed by atoms with van der Waals surface area (Å²) >= 11 is 0. The molecule has 1 amide bonds. The van der Waals surface area contributed by atoms with E-state index in [1.54, 1.807) is 0 Å². The van der Waals surface area contributed by atoms with Crippen molar-refractivity contribution in [3.8, 4) is 0 Å². The van der Waals surface area contributed by atoms with Gasteiger partial charge in [-0.05, 0) is 56.4 Å². The van der Waals surface area contributed by atoms with E-state index in [0.29, 0.717) is 32.1 Å². The molecule has 0 spiro atoms. The molecule has 32 heavy (non-hydrogen) atoms. The number of aliphatic hydroxyl groups excluding tert-OH is 1. The van der Waals surface area contributed by atoms with Gasteiger partial charge in [0.15, 0.2) is 0 Å². The van der Waals surface area contributed by atoms with Crippen LogP contribution in [0, 0.1) is 0 Å². The van der Waals surface area contributed by atoms with Crippen LogP contribution in [0.15, 0.2) is 29.2 Å². The summed E-state index contributed by atoms with van der Waals surface area (Å²) in [6.45, 7) is 1.98. The molecule has 1 aliphatic carbocycles. The topological polar surface area (TPSA) is 95.9 Å². The second-order valence-corrected chi connectivity index (χ2v) is 9.92. The molecule has 1 aromatic rings. The average Bonchev–Trinajstić information content (AvgIpc) is 2.76. The van der Waals surface area contributed by atoms with E-state index < -0.39 is 21.8 Å². The number of halogens is 3. The van der Waals surface area contributed by atoms with E-state index >= 15 is 0 Å². The van der Waals surface area contributed by atoms with Gasteiger partial charge in [0, 0.05) is 19.6 Å². The van der Waals surface area contributed by atoms with Gasteiger partial charge >= 0.3 is 6.18 Å². The molecule has 1 aromatic carbocycles. The second kappa shape index (κ2) is 11.4. The Kier molecular flexibility index (Phi) is 9.50. The summed E-state index contributed by atoms with van der Waals surface area (Å²) in [5.41, 5.74) is -0.896. The highest BCUT2D eigenvalue weighted by Crippen LogP contribution is 2.32. The Morgan fingerprint density at radius 2 is 1.81 bits per heavy atom. The fraction of sp³-hybridized carbons (Fsp3) is 0.667. The zero-order chi connectivity index (χ0) is 23.9. The van der Waals surface area contributed by atoms with Crippen LogP contribution in [0.4, 0.5) is 13.2 Å². The molecule has 0 radical (unpaired) electrons. The molecule has 182 valence electrons. The van der Waals surface area contributed by atoms with Crippen LogP contribution in [0.2, 0.25) is 0 Å². The molecule has 0 aliphatic heterocycles. The van der Waals surface area contributed by atoms with Gasteiger partial charge < -0.3 is 15.2 Å². The fourth-order valence-electron chi connectivity index (χ4n) is 3.76. The van der Waals surface area contributed by atoms with Gasteiger partial charge in [-0.15, -0.1) is 0 Å². The molecule has 0 heterocycles. The highest BCUT2D eigenvalue weighted by atomic mass is 32.2. The second-order valence-electron chi connectivity index (χ2n) is 7.92. The van der Waals surface area contributed by atoms with Crippen molar-refractivity contribution in [1.29, 1.82) is 0 Å². The zero-order valence-electron chi connectivity index (χ0n) is 18.3. The molecule has 2 rings (SSSR count). The number of alkyl halides is 3. The molecule has 0 saturated heterocycles. The number of benzene rings is 1. The van der Waals surface area contributed by atoms with Crippen molar-refractivity contribution in [1.82, 2.24) is 9.62 Å². The van der Waals surface area contributed by atoms with E-state index in [-0.39, 0.29) is 48.6 Å². The van der Waals surface area contributed by atoms with Crippen LogP contribution in [-0.2, 0) is 25.7 Å². The van der Waals surface area contributed by atoms with Crippen LogP contribution in [-0.4, -0.2) is 62.2 Å². The third-order valence-corrected chi connectivity index (χ3v) is 7.63. The van der Waals surface area contributed by atoms with E-state index in [4.69, 9.17) is 9.84 Å². The fourth-order valence-corrected chi connectivity index (χ4v) is 5.17. The minimum atomic E-state index is -4.53. The van der Waals surface area contributed by atoms with Crippen LogP contribution in [0.1, 0.15) is 51.0 Å². The maximum atomic E-state index is 12.9. The van der Waals surface area contributed by atoms with Crippen LogP contribution in [0.3, 0.4) is 0 Å². The van der Waals surface area contributed by atoms with Gasteiger partial charge in [-0.25, -0.2) is 8.42 Å². The highest BCUT2D eigenvalue weighted by molar-refractivity contribution is 7.89. The summed E-state index contributed by atoms with van der Waals surface area (Å²) in [6.07, 6.45) is -1.70. The maximum absolute atomic E-state index is 12.9. The van der Waals surface area contributed by atoms with Gasteiger partial charge in [-0.2, -0.15) is 17.5 Å². The van der Waals surface area contributed by atoms with Crippen LogP contribution < -0.4 is 5.32 Å². The predicted octanol–water partition coefficient (Wildman–Crippen LogP) is 2.93. The van der Waals surface area contributed by atoms with Gasteiger partial charge in [-0.3, -0.25) is 4.79 Å². The van der Waals surface area contributed by atoms with E-state index in [0.717, 1.165) is 24.3 Å². The first-order valence-corrected chi connectivity index (χ1v) is 12.1. The van der Waals surface area contributed by atoms with Gasteiger partial charge in [0.25, 0.3) is 0 Å². The van der Waals surface area contributed by atoms with Crippen molar-refractivity contribution in [2.24, 2.45) is 0 Å². The SMILES string of the molecule is CCC(CC(=O)NCCO)OC1CCC(N(C)S(=O)(=O)c2ccc(C(F)(F)F)cc2)CC1. The lowest BCUT2D eigenvalue weighted by Crippen LogP contribution is -2.41. The Morgan fingerprint density at radius 1 is 1.22 bits per heavy atom. The number of carbonyl (C=O) groups excluding carboxylic acids is 1. The molecular weight excluding hydrogens is 449 g/mol. The van der Waals surface area contributed by atoms with Crippen molar-refractivity contribution >= 4 is 15.9 Å². The number of nitrogens with zero attached hydrogens (tertiary/aromatic N) is 1. The lowest BCUT2D eigenvalue weighted by Gasteiger charge is -2.35. The lowest BCUT2D eigenvalue weighted by atomic mass is 9.93. The number of hydrogen-bond donors (Lipinski definition) is 2. The molecule has 7 nitrogen and oxygen atoms in total. The Bertz CT molecular complexity index is 838. The summed E-state index contributed by atoms with van der Waals surface area (Å²) in [7, 11) is -2.48. The number of rotatable bonds is 10. The molecule has 0 bridgehead atoms. The molecule has 0 aromatic heterocycles. The number of carbonyl (C=O) groups is 1. The van der Waals surface area contributed by atoms with Gasteiger partial charge in [0.2, 0.25) is 15.9 Å². The largest absolute Gasteiger partial charge is 0.416 e. The molecule has 1 unspecified atom stereocenters. The van der Waals surface area contributed by atoms with Crippen LogP contribution in [0.25, 0.3) is 0 Å². The highest BCUT2D eigenvalue weighted by Gasteiger charge is 2.34. The molecular formula is C21H31F3N2O5S. The maximum Gasteiger partial charge on any atom is 0.416 e. The summed E-state index contributed by atoms with van der Waals surface area (Å²) in [6, 6.07) is 3.23. The van der Waals surface area contributed by atoms with E-state index in [1.807, 2.05) is 6.92 Å². The standard InChI is InChI=1S/C21H31F3N2O5S/c1-3-17(14-20(28)25-12-13-27)31-18-8-6-16(7-9-18)26(2)32(29,30)19-10-4-15(5-11-19)21(22,23)24/h4-5,10-11,16-18,27H,3,6-9,12-14H2,1-2H3,(H,25,28). The first-order valence-electron chi connectivity index (χ1n) is 10.7. The summed E-state index contributed by atoms with van der Waals surface area (Å²) in [4.78, 5) is 11.7. The summed E-state index contributed by atoms with van der Waals surface area (Å²) < 4.78 is 71.2. The molecule has 1 saturated carbocycles. The molecule has 11 heteroatoms. The minimum Gasteiger partial charge on any atom is -0.395 e. The lowest BCUT2D eigenvalue weighted by molar-refractivity contribution is -0.137. The van der Waals surface area contributed by atoms with Crippen LogP contribution >= 0.6 is 0 Å². The number of ether oxygens (including phenoxy) is 1. The Labute approximate surface area is 187 Å². The summed E-state index contributed by atoms with van der Waals surface area (Å²) in [5, 5.41) is 11.4. The quantitative estimate of drug-likeness (QED) is 0.537. The van der Waals surface area contributed by atoms with Gasteiger partial charge in [0.05, 0.1) is 35.7 Å².